The van der Waals surface area contributed by atoms with Gasteiger partial charge in [0.1, 0.15) is 6.54 Å². The molecule has 0 saturated carbocycles. The van der Waals surface area contributed by atoms with E-state index in [-0.39, 0.29) is 29.2 Å². The summed E-state index contributed by atoms with van der Waals surface area (Å²) in [6.45, 7) is -0.352. The Kier molecular flexibility index (Phi) is 4.94. The molecular formula is C18H16N4O6. The number of aromatic nitrogens is 1. The highest BCUT2D eigenvalue weighted by molar-refractivity contribution is 5.97. The molecule has 3 aromatic rings. The number of nitro groups is 1. The van der Waals surface area contributed by atoms with E-state index in [1.54, 1.807) is 32.3 Å². The van der Waals surface area contributed by atoms with E-state index >= 15 is 0 Å². The maximum absolute atomic E-state index is 12.3. The van der Waals surface area contributed by atoms with Crippen LogP contribution in [0, 0.1) is 10.1 Å². The predicted octanol–water partition coefficient (Wildman–Crippen LogP) is 1.84. The number of carbonyl (C=O) groups is 2. The van der Waals surface area contributed by atoms with Crippen LogP contribution in [0.2, 0.25) is 0 Å². The Labute approximate surface area is 158 Å². The summed E-state index contributed by atoms with van der Waals surface area (Å²) < 4.78 is 6.06. The van der Waals surface area contributed by atoms with Crippen LogP contribution in [0.5, 0.6) is 0 Å². The van der Waals surface area contributed by atoms with Crippen LogP contribution in [0.25, 0.3) is 11.1 Å². The Hall–Kier alpha value is -3.95. The zero-order chi connectivity index (χ0) is 20.4. The molecule has 0 spiro atoms. The van der Waals surface area contributed by atoms with Crippen molar-refractivity contribution >= 4 is 34.3 Å². The average molecular weight is 384 g/mol. The van der Waals surface area contributed by atoms with Crippen molar-refractivity contribution in [1.29, 1.82) is 0 Å². The molecule has 0 unspecified atom stereocenters. The van der Waals surface area contributed by atoms with Gasteiger partial charge in [-0.3, -0.25) is 24.3 Å². The second-order valence-electron chi connectivity index (χ2n) is 6.19. The van der Waals surface area contributed by atoms with Gasteiger partial charge in [0.25, 0.3) is 11.6 Å². The lowest BCUT2D eigenvalue weighted by molar-refractivity contribution is -0.384. The van der Waals surface area contributed by atoms with Gasteiger partial charge in [0.2, 0.25) is 5.91 Å². The Bertz CT molecular complexity index is 1140. The number of anilines is 1. The number of non-ortho nitro benzene ring substituents is 1. The lowest BCUT2D eigenvalue weighted by Gasteiger charge is -2.11. The van der Waals surface area contributed by atoms with Gasteiger partial charge in [-0.1, -0.05) is 6.07 Å². The van der Waals surface area contributed by atoms with E-state index < -0.39 is 16.6 Å². The number of nitrogens with zero attached hydrogens (tertiary/aromatic N) is 3. The molecule has 0 fully saturated rings. The van der Waals surface area contributed by atoms with Crippen molar-refractivity contribution in [1.82, 2.24) is 9.47 Å². The summed E-state index contributed by atoms with van der Waals surface area (Å²) in [5, 5.41) is 13.4. The third kappa shape index (κ3) is 3.75. The first-order valence-electron chi connectivity index (χ1n) is 8.15. The second kappa shape index (κ2) is 7.35. The van der Waals surface area contributed by atoms with Crippen molar-refractivity contribution in [2.45, 2.75) is 6.54 Å². The summed E-state index contributed by atoms with van der Waals surface area (Å²) in [6.07, 6.45) is 0. The molecule has 0 atom stereocenters. The van der Waals surface area contributed by atoms with Crippen LogP contribution in [-0.2, 0) is 11.3 Å². The van der Waals surface area contributed by atoms with Gasteiger partial charge in [-0.25, -0.2) is 4.79 Å². The van der Waals surface area contributed by atoms with E-state index in [2.05, 4.69) is 5.32 Å². The lowest BCUT2D eigenvalue weighted by Crippen LogP contribution is -2.25. The first-order valence-corrected chi connectivity index (χ1v) is 8.15. The number of rotatable bonds is 5. The first-order chi connectivity index (χ1) is 13.3. The van der Waals surface area contributed by atoms with E-state index in [9.17, 15) is 24.5 Å². The van der Waals surface area contributed by atoms with E-state index in [0.29, 0.717) is 11.3 Å². The summed E-state index contributed by atoms with van der Waals surface area (Å²) in [5.41, 5.74) is 0.864. The summed E-state index contributed by atoms with van der Waals surface area (Å²) in [7, 11) is 3.24. The molecule has 2 amide bonds. The molecule has 0 saturated heterocycles. The quantitative estimate of drug-likeness (QED) is 0.528. The van der Waals surface area contributed by atoms with Crippen molar-refractivity contribution in [2.24, 2.45) is 0 Å². The predicted molar refractivity (Wildman–Crippen MR) is 100 cm³/mol. The highest BCUT2D eigenvalue weighted by Crippen LogP contribution is 2.20. The maximum Gasteiger partial charge on any atom is 0.420 e. The maximum atomic E-state index is 12.3. The molecule has 144 valence electrons. The molecule has 1 heterocycles. The smallest absolute Gasteiger partial charge is 0.407 e. The summed E-state index contributed by atoms with van der Waals surface area (Å²) >= 11 is 0. The number of amides is 2. The number of benzene rings is 2. The molecule has 10 heteroatoms. The summed E-state index contributed by atoms with van der Waals surface area (Å²) in [4.78, 5) is 48.0. The van der Waals surface area contributed by atoms with E-state index in [0.717, 1.165) is 10.6 Å². The fraction of sp³-hybridized carbons (Fsp3) is 0.167. The monoisotopic (exact) mass is 384 g/mol. The SMILES string of the molecule is CN(C)C(=O)c1cccc(NC(=O)Cn2c(=O)oc3cc([N+](=O)[O-])ccc32)c1. The van der Waals surface area contributed by atoms with Crippen molar-refractivity contribution < 1.29 is 18.9 Å². The van der Waals surface area contributed by atoms with Crippen molar-refractivity contribution in [3.05, 3.63) is 68.7 Å². The highest BCUT2D eigenvalue weighted by atomic mass is 16.6. The first kappa shape index (κ1) is 18.8. The standard InChI is InChI=1S/C18H16N4O6/c1-20(2)17(24)11-4-3-5-12(8-11)19-16(23)10-21-14-7-6-13(22(26)27)9-15(14)28-18(21)25/h3-9H,10H2,1-2H3,(H,19,23). The highest BCUT2D eigenvalue weighted by Gasteiger charge is 2.16. The minimum Gasteiger partial charge on any atom is -0.407 e. The number of carbonyl (C=O) groups excluding carboxylic acids is 2. The Morgan fingerprint density at radius 1 is 1.21 bits per heavy atom. The Morgan fingerprint density at radius 3 is 2.64 bits per heavy atom. The van der Waals surface area contributed by atoms with Crippen LogP contribution in [0.15, 0.2) is 51.7 Å². The summed E-state index contributed by atoms with van der Waals surface area (Å²) in [6, 6.07) is 10.1. The van der Waals surface area contributed by atoms with Crippen LogP contribution in [0.4, 0.5) is 11.4 Å². The molecule has 1 N–H and O–H groups in total. The van der Waals surface area contributed by atoms with E-state index in [1.807, 2.05) is 0 Å². The van der Waals surface area contributed by atoms with Gasteiger partial charge in [-0.15, -0.1) is 0 Å². The number of hydrogen-bond donors (Lipinski definition) is 1. The van der Waals surface area contributed by atoms with E-state index in [4.69, 9.17) is 4.42 Å². The van der Waals surface area contributed by atoms with Crippen molar-refractivity contribution in [3.8, 4) is 0 Å². The molecular weight excluding hydrogens is 368 g/mol. The van der Waals surface area contributed by atoms with Crippen molar-refractivity contribution in [2.75, 3.05) is 19.4 Å². The zero-order valence-electron chi connectivity index (χ0n) is 15.0. The van der Waals surface area contributed by atoms with Gasteiger partial charge in [0.15, 0.2) is 5.58 Å². The second-order valence-corrected chi connectivity index (χ2v) is 6.19. The largest absolute Gasteiger partial charge is 0.420 e. The lowest BCUT2D eigenvalue weighted by atomic mass is 10.2. The molecule has 3 rings (SSSR count). The van der Waals surface area contributed by atoms with Gasteiger partial charge in [-0.2, -0.15) is 0 Å². The van der Waals surface area contributed by atoms with Crippen LogP contribution in [0.1, 0.15) is 10.4 Å². The number of hydrogen-bond acceptors (Lipinski definition) is 6. The molecule has 0 aliphatic carbocycles. The Morgan fingerprint density at radius 2 is 1.96 bits per heavy atom. The van der Waals surface area contributed by atoms with Gasteiger partial charge < -0.3 is 14.6 Å². The molecule has 10 nitrogen and oxygen atoms in total. The number of fused-ring (bicyclic) bond motifs is 1. The Balaban J connectivity index is 1.81. The number of nitrogens with one attached hydrogen (secondary N) is 1. The fourth-order valence-electron chi connectivity index (χ4n) is 2.65. The zero-order valence-corrected chi connectivity index (χ0v) is 15.0. The third-order valence-electron chi connectivity index (χ3n) is 3.96. The topological polar surface area (TPSA) is 128 Å². The molecule has 0 bridgehead atoms. The molecule has 0 aliphatic heterocycles. The van der Waals surface area contributed by atoms with Gasteiger partial charge >= 0.3 is 5.76 Å². The molecule has 0 radical (unpaired) electrons. The number of nitro benzene ring substituents is 1. The average Bonchev–Trinajstić information content (AvgIpc) is 2.95. The number of oxazole rings is 1. The summed E-state index contributed by atoms with van der Waals surface area (Å²) in [5.74, 6) is -1.53. The van der Waals surface area contributed by atoms with Gasteiger partial charge in [-0.05, 0) is 24.3 Å². The minimum absolute atomic E-state index is 0.0191. The van der Waals surface area contributed by atoms with Gasteiger partial charge in [0.05, 0.1) is 16.5 Å². The normalized spacial score (nSPS) is 10.6. The molecule has 0 aliphatic rings. The molecule has 1 aromatic heterocycles. The van der Waals surface area contributed by atoms with Gasteiger partial charge in [0, 0.05) is 31.4 Å². The van der Waals surface area contributed by atoms with Crippen LogP contribution < -0.4 is 11.1 Å². The molecule has 28 heavy (non-hydrogen) atoms. The van der Waals surface area contributed by atoms with Crippen LogP contribution in [0.3, 0.4) is 0 Å². The molecule has 2 aromatic carbocycles. The van der Waals surface area contributed by atoms with Crippen LogP contribution in [-0.4, -0.2) is 40.3 Å². The minimum atomic E-state index is -0.804. The van der Waals surface area contributed by atoms with E-state index in [1.165, 1.54) is 23.1 Å². The van der Waals surface area contributed by atoms with Crippen molar-refractivity contribution in [3.63, 3.8) is 0 Å². The van der Waals surface area contributed by atoms with Crippen LogP contribution >= 0.6 is 0 Å². The third-order valence-corrected chi connectivity index (χ3v) is 3.96. The fourth-order valence-corrected chi connectivity index (χ4v) is 2.65.